The Balaban J connectivity index is 2.00. The second-order valence-corrected chi connectivity index (χ2v) is 4.59. The number of rotatable bonds is 2. The van der Waals surface area contributed by atoms with Crippen LogP contribution in [-0.2, 0) is 0 Å². The molecule has 1 aliphatic rings. The first-order chi connectivity index (χ1) is 10.0. The number of pyridine rings is 1. The molecule has 3 rings (SSSR count). The Hall–Kier alpha value is -2.18. The Kier molecular flexibility index (Phi) is 3.48. The van der Waals surface area contributed by atoms with Crippen molar-refractivity contribution in [3.8, 4) is 17.4 Å². The predicted octanol–water partition coefficient (Wildman–Crippen LogP) is 3.34. The molecule has 0 unspecified atom stereocenters. The highest BCUT2D eigenvalue weighted by Gasteiger charge is 2.29. The van der Waals surface area contributed by atoms with E-state index in [-0.39, 0.29) is 5.88 Å². The molecule has 0 saturated carbocycles. The second kappa shape index (κ2) is 5.31. The number of nitrogens with zero attached hydrogens (tertiary/aromatic N) is 1. The molecule has 0 aliphatic carbocycles. The quantitative estimate of drug-likeness (QED) is 0.853. The summed E-state index contributed by atoms with van der Waals surface area (Å²) >= 11 is 0. The van der Waals surface area contributed by atoms with Crippen molar-refractivity contribution in [1.29, 1.82) is 0 Å². The molecule has 4 nitrogen and oxygen atoms in total. The summed E-state index contributed by atoms with van der Waals surface area (Å²) in [6.07, 6.45) is -2.26. The molecule has 0 N–H and O–H groups in total. The zero-order valence-corrected chi connectivity index (χ0v) is 10.9. The van der Waals surface area contributed by atoms with Crippen LogP contribution < -0.4 is 14.2 Å². The highest BCUT2D eigenvalue weighted by molar-refractivity contribution is 5.89. The van der Waals surface area contributed by atoms with Crippen LogP contribution in [0.25, 0.3) is 10.8 Å². The lowest BCUT2D eigenvalue weighted by molar-refractivity contribution is -0.153. The number of benzene rings is 1. The van der Waals surface area contributed by atoms with Gasteiger partial charge in [-0.3, -0.25) is 0 Å². The fraction of sp³-hybridized carbons (Fsp3) is 0.357. The van der Waals surface area contributed by atoms with Crippen LogP contribution in [0.3, 0.4) is 0 Å². The molecule has 1 aromatic heterocycles. The third-order valence-electron chi connectivity index (χ3n) is 2.97. The minimum Gasteiger partial charge on any atom is -0.490 e. The first-order valence-electron chi connectivity index (χ1n) is 6.41. The number of halogens is 3. The number of fused-ring (bicyclic) bond motifs is 2. The molecule has 2 heterocycles. The Labute approximate surface area is 118 Å². The third kappa shape index (κ3) is 3.12. The molecule has 112 valence electrons. The highest BCUT2D eigenvalue weighted by Crippen LogP contribution is 2.37. The first kappa shape index (κ1) is 13.8. The van der Waals surface area contributed by atoms with Crippen molar-refractivity contribution in [2.45, 2.75) is 12.6 Å². The maximum atomic E-state index is 12.3. The van der Waals surface area contributed by atoms with Crippen molar-refractivity contribution in [3.05, 3.63) is 24.4 Å². The van der Waals surface area contributed by atoms with E-state index in [1.807, 2.05) is 0 Å². The van der Waals surface area contributed by atoms with E-state index in [0.29, 0.717) is 35.5 Å². The molecule has 7 heteroatoms. The number of hydrogen-bond donors (Lipinski definition) is 0. The minimum absolute atomic E-state index is 0.0690. The third-order valence-corrected chi connectivity index (χ3v) is 2.97. The lowest BCUT2D eigenvalue weighted by atomic mass is 10.1. The Morgan fingerprint density at radius 3 is 2.57 bits per heavy atom. The van der Waals surface area contributed by atoms with E-state index >= 15 is 0 Å². The smallest absolute Gasteiger partial charge is 0.422 e. The van der Waals surface area contributed by atoms with Crippen LogP contribution in [0.1, 0.15) is 6.42 Å². The molecule has 0 saturated heterocycles. The van der Waals surface area contributed by atoms with Crippen molar-refractivity contribution in [2.24, 2.45) is 0 Å². The van der Waals surface area contributed by atoms with Gasteiger partial charge in [-0.2, -0.15) is 13.2 Å². The SMILES string of the molecule is FC(F)(F)COc1nccc2cc3c(cc12)OCCCO3. The summed E-state index contributed by atoms with van der Waals surface area (Å²) < 4.78 is 52.7. The van der Waals surface area contributed by atoms with Gasteiger partial charge in [0.1, 0.15) is 0 Å². The molecule has 0 spiro atoms. The monoisotopic (exact) mass is 299 g/mol. The van der Waals surface area contributed by atoms with Crippen LogP contribution in [-0.4, -0.2) is 31.0 Å². The number of ether oxygens (including phenoxy) is 3. The van der Waals surface area contributed by atoms with Crippen LogP contribution in [0.2, 0.25) is 0 Å². The Morgan fingerprint density at radius 2 is 1.86 bits per heavy atom. The summed E-state index contributed by atoms with van der Waals surface area (Å²) in [5.41, 5.74) is 0. The van der Waals surface area contributed by atoms with E-state index in [0.717, 1.165) is 6.42 Å². The number of hydrogen-bond acceptors (Lipinski definition) is 4. The van der Waals surface area contributed by atoms with Gasteiger partial charge in [0, 0.05) is 18.0 Å². The Morgan fingerprint density at radius 1 is 1.14 bits per heavy atom. The van der Waals surface area contributed by atoms with E-state index in [1.54, 1.807) is 18.2 Å². The average molecular weight is 299 g/mol. The van der Waals surface area contributed by atoms with E-state index in [1.165, 1.54) is 6.20 Å². The topological polar surface area (TPSA) is 40.6 Å². The summed E-state index contributed by atoms with van der Waals surface area (Å²) in [4.78, 5) is 3.86. The maximum Gasteiger partial charge on any atom is 0.422 e. The molecule has 1 aliphatic heterocycles. The normalized spacial score (nSPS) is 14.8. The van der Waals surface area contributed by atoms with Gasteiger partial charge in [0.25, 0.3) is 0 Å². The van der Waals surface area contributed by atoms with Gasteiger partial charge in [0.05, 0.1) is 13.2 Å². The van der Waals surface area contributed by atoms with E-state index < -0.39 is 12.8 Å². The predicted molar refractivity (Wildman–Crippen MR) is 68.9 cm³/mol. The van der Waals surface area contributed by atoms with Gasteiger partial charge in [0.15, 0.2) is 18.1 Å². The first-order valence-corrected chi connectivity index (χ1v) is 6.41. The fourth-order valence-corrected chi connectivity index (χ4v) is 2.07. The van der Waals surface area contributed by atoms with E-state index in [9.17, 15) is 13.2 Å². The molecule has 0 bridgehead atoms. The zero-order chi connectivity index (χ0) is 14.9. The van der Waals surface area contributed by atoms with Gasteiger partial charge in [-0.1, -0.05) is 0 Å². The van der Waals surface area contributed by atoms with Gasteiger partial charge < -0.3 is 14.2 Å². The van der Waals surface area contributed by atoms with Crippen molar-refractivity contribution >= 4 is 10.8 Å². The molecular formula is C14H12F3NO3. The van der Waals surface area contributed by atoms with Gasteiger partial charge in [-0.15, -0.1) is 0 Å². The van der Waals surface area contributed by atoms with Crippen LogP contribution in [0.15, 0.2) is 24.4 Å². The van der Waals surface area contributed by atoms with Gasteiger partial charge in [0.2, 0.25) is 5.88 Å². The summed E-state index contributed by atoms with van der Waals surface area (Å²) in [5.74, 6) is 0.998. The molecule has 0 atom stereocenters. The highest BCUT2D eigenvalue weighted by atomic mass is 19.4. The second-order valence-electron chi connectivity index (χ2n) is 4.59. The molecule has 0 radical (unpaired) electrons. The van der Waals surface area contributed by atoms with E-state index in [2.05, 4.69) is 4.98 Å². The van der Waals surface area contributed by atoms with Gasteiger partial charge in [-0.05, 0) is 23.6 Å². The van der Waals surface area contributed by atoms with Crippen molar-refractivity contribution in [2.75, 3.05) is 19.8 Å². The van der Waals surface area contributed by atoms with E-state index in [4.69, 9.17) is 14.2 Å². The lowest BCUT2D eigenvalue weighted by Gasteiger charge is -2.12. The Bertz CT molecular complexity index is 658. The largest absolute Gasteiger partial charge is 0.490 e. The molecular weight excluding hydrogens is 287 g/mol. The lowest BCUT2D eigenvalue weighted by Crippen LogP contribution is -2.19. The van der Waals surface area contributed by atoms with Gasteiger partial charge >= 0.3 is 6.18 Å². The zero-order valence-electron chi connectivity index (χ0n) is 10.9. The van der Waals surface area contributed by atoms with Crippen molar-refractivity contribution in [1.82, 2.24) is 4.98 Å². The number of aromatic nitrogens is 1. The molecule has 1 aromatic carbocycles. The van der Waals surface area contributed by atoms with Crippen molar-refractivity contribution in [3.63, 3.8) is 0 Å². The standard InChI is InChI=1S/C14H12F3NO3/c15-14(16,17)8-21-13-10-7-12-11(19-4-1-5-20-12)6-9(10)2-3-18-13/h2-3,6-7H,1,4-5,8H2. The summed E-state index contributed by atoms with van der Waals surface area (Å²) in [7, 11) is 0. The molecule has 2 aromatic rings. The van der Waals surface area contributed by atoms with Crippen LogP contribution in [0.5, 0.6) is 17.4 Å². The summed E-state index contributed by atoms with van der Waals surface area (Å²) in [6.45, 7) is -0.341. The molecule has 21 heavy (non-hydrogen) atoms. The fourth-order valence-electron chi connectivity index (χ4n) is 2.07. The van der Waals surface area contributed by atoms with Crippen molar-refractivity contribution < 1.29 is 27.4 Å². The van der Waals surface area contributed by atoms with Gasteiger partial charge in [-0.25, -0.2) is 4.98 Å². The number of alkyl halides is 3. The average Bonchev–Trinajstić information content (AvgIpc) is 2.66. The molecule has 0 amide bonds. The maximum absolute atomic E-state index is 12.3. The van der Waals surface area contributed by atoms with Crippen LogP contribution in [0.4, 0.5) is 13.2 Å². The summed E-state index contributed by atoms with van der Waals surface area (Å²) in [5, 5.41) is 1.15. The summed E-state index contributed by atoms with van der Waals surface area (Å²) in [6, 6.07) is 5.01. The minimum atomic E-state index is -4.41. The van der Waals surface area contributed by atoms with Crippen LogP contribution >= 0.6 is 0 Å². The molecule has 0 fully saturated rings. The van der Waals surface area contributed by atoms with Crippen LogP contribution in [0, 0.1) is 0 Å².